The van der Waals surface area contributed by atoms with Gasteiger partial charge in [0.05, 0.1) is 11.6 Å². The molecular formula is C17H14ClFN2O. The highest BCUT2D eigenvalue weighted by Gasteiger charge is 2.13. The number of phenols is 1. The first-order valence-corrected chi connectivity index (χ1v) is 7.18. The van der Waals surface area contributed by atoms with E-state index < -0.39 is 5.82 Å². The summed E-state index contributed by atoms with van der Waals surface area (Å²) >= 11 is 5.73. The van der Waals surface area contributed by atoms with Gasteiger partial charge in [0, 0.05) is 23.0 Å². The molecule has 3 aromatic rings. The molecule has 22 heavy (non-hydrogen) atoms. The van der Waals surface area contributed by atoms with Gasteiger partial charge in [-0.05, 0) is 31.2 Å². The van der Waals surface area contributed by atoms with E-state index in [0.29, 0.717) is 17.9 Å². The average Bonchev–Trinajstić information content (AvgIpc) is 2.86. The van der Waals surface area contributed by atoms with Crippen LogP contribution in [0.25, 0.3) is 11.4 Å². The molecule has 3 rings (SSSR count). The second kappa shape index (κ2) is 5.81. The molecule has 2 aromatic carbocycles. The normalized spacial score (nSPS) is 10.9. The largest absolute Gasteiger partial charge is 0.508 e. The van der Waals surface area contributed by atoms with Gasteiger partial charge >= 0.3 is 0 Å². The number of hydrogen-bond donors (Lipinski definition) is 1. The summed E-state index contributed by atoms with van der Waals surface area (Å²) in [4.78, 5) is 4.35. The van der Waals surface area contributed by atoms with Crippen LogP contribution in [0.5, 0.6) is 5.75 Å². The first-order valence-electron chi connectivity index (χ1n) is 6.80. The van der Waals surface area contributed by atoms with Gasteiger partial charge in [-0.1, -0.05) is 29.8 Å². The molecule has 0 atom stereocenters. The molecule has 0 bridgehead atoms. The van der Waals surface area contributed by atoms with Crippen LogP contribution < -0.4 is 0 Å². The fourth-order valence-electron chi connectivity index (χ4n) is 2.34. The summed E-state index contributed by atoms with van der Waals surface area (Å²) in [5, 5.41) is 10.0. The SMILES string of the molecule is Cc1cnc(-c2ccc(Cl)c(F)c2)n1Cc1ccccc1O. The van der Waals surface area contributed by atoms with Crippen molar-refractivity contribution in [2.45, 2.75) is 13.5 Å². The molecule has 112 valence electrons. The number of rotatable bonds is 3. The molecule has 1 heterocycles. The number of phenolic OH excluding ortho intramolecular Hbond substituents is 1. The van der Waals surface area contributed by atoms with Crippen molar-refractivity contribution in [2.24, 2.45) is 0 Å². The number of aromatic hydroxyl groups is 1. The zero-order valence-corrected chi connectivity index (χ0v) is 12.7. The molecule has 0 fully saturated rings. The Morgan fingerprint density at radius 1 is 1.23 bits per heavy atom. The number of nitrogens with zero attached hydrogens (tertiary/aromatic N) is 2. The van der Waals surface area contributed by atoms with Crippen molar-refractivity contribution >= 4 is 11.6 Å². The van der Waals surface area contributed by atoms with E-state index in [2.05, 4.69) is 4.98 Å². The van der Waals surface area contributed by atoms with Crippen molar-refractivity contribution in [1.82, 2.24) is 9.55 Å². The minimum absolute atomic E-state index is 0.0827. The zero-order chi connectivity index (χ0) is 15.7. The topological polar surface area (TPSA) is 38.0 Å². The predicted octanol–water partition coefficient (Wildman–Crippen LogP) is 4.40. The molecule has 0 aliphatic heterocycles. The van der Waals surface area contributed by atoms with Crippen LogP contribution >= 0.6 is 11.6 Å². The Bertz CT molecular complexity index is 829. The summed E-state index contributed by atoms with van der Waals surface area (Å²) in [7, 11) is 0. The first kappa shape index (κ1) is 14.6. The maximum Gasteiger partial charge on any atom is 0.142 e. The van der Waals surface area contributed by atoms with Crippen LogP contribution in [0.1, 0.15) is 11.3 Å². The molecule has 0 amide bonds. The lowest BCUT2D eigenvalue weighted by Gasteiger charge is -2.12. The summed E-state index contributed by atoms with van der Waals surface area (Å²) < 4.78 is 15.6. The van der Waals surface area contributed by atoms with Crippen LogP contribution in [0.2, 0.25) is 5.02 Å². The summed E-state index contributed by atoms with van der Waals surface area (Å²) in [6, 6.07) is 11.7. The fourth-order valence-corrected chi connectivity index (χ4v) is 2.46. The third-order valence-electron chi connectivity index (χ3n) is 3.55. The standard InChI is InChI=1S/C17H14ClFN2O/c1-11-9-20-17(12-6-7-14(18)15(19)8-12)21(11)10-13-4-2-3-5-16(13)22/h2-9,22H,10H2,1H3. The van der Waals surface area contributed by atoms with Gasteiger partial charge in [0.15, 0.2) is 0 Å². The minimum atomic E-state index is -0.478. The van der Waals surface area contributed by atoms with Crippen molar-refractivity contribution in [3.05, 3.63) is 70.8 Å². The van der Waals surface area contributed by atoms with Crippen LogP contribution in [-0.4, -0.2) is 14.7 Å². The van der Waals surface area contributed by atoms with Crippen molar-refractivity contribution < 1.29 is 9.50 Å². The maximum atomic E-state index is 13.7. The van der Waals surface area contributed by atoms with Gasteiger partial charge in [-0.3, -0.25) is 0 Å². The number of para-hydroxylation sites is 1. The number of aromatic nitrogens is 2. The third kappa shape index (κ3) is 2.70. The quantitative estimate of drug-likeness (QED) is 0.777. The van der Waals surface area contributed by atoms with Crippen molar-refractivity contribution in [1.29, 1.82) is 0 Å². The molecule has 0 unspecified atom stereocenters. The van der Waals surface area contributed by atoms with Crippen LogP contribution in [0, 0.1) is 12.7 Å². The smallest absolute Gasteiger partial charge is 0.142 e. The summed E-state index contributed by atoms with van der Waals surface area (Å²) in [5.41, 5.74) is 2.35. The van der Waals surface area contributed by atoms with Crippen LogP contribution in [0.4, 0.5) is 4.39 Å². The van der Waals surface area contributed by atoms with E-state index in [4.69, 9.17) is 11.6 Å². The van der Waals surface area contributed by atoms with Gasteiger partial charge in [0.2, 0.25) is 0 Å². The summed E-state index contributed by atoms with van der Waals surface area (Å²) in [6.07, 6.45) is 1.72. The van der Waals surface area contributed by atoms with E-state index in [1.54, 1.807) is 24.4 Å². The van der Waals surface area contributed by atoms with Gasteiger partial charge in [-0.25, -0.2) is 9.37 Å². The molecule has 5 heteroatoms. The van der Waals surface area contributed by atoms with Gasteiger partial charge in [-0.2, -0.15) is 0 Å². The third-order valence-corrected chi connectivity index (χ3v) is 3.86. The Balaban J connectivity index is 2.04. The highest BCUT2D eigenvalue weighted by Crippen LogP contribution is 2.26. The number of aryl methyl sites for hydroxylation is 1. The molecule has 0 aliphatic rings. The maximum absolute atomic E-state index is 13.7. The van der Waals surface area contributed by atoms with Gasteiger partial charge in [-0.15, -0.1) is 0 Å². The number of hydrogen-bond acceptors (Lipinski definition) is 2. The van der Waals surface area contributed by atoms with E-state index in [-0.39, 0.29) is 10.8 Å². The molecule has 3 nitrogen and oxygen atoms in total. The monoisotopic (exact) mass is 316 g/mol. The van der Waals surface area contributed by atoms with Crippen molar-refractivity contribution in [2.75, 3.05) is 0 Å². The number of benzene rings is 2. The Morgan fingerprint density at radius 2 is 2.00 bits per heavy atom. The van der Waals surface area contributed by atoms with Gasteiger partial charge < -0.3 is 9.67 Å². The van der Waals surface area contributed by atoms with Crippen LogP contribution in [0.3, 0.4) is 0 Å². The van der Waals surface area contributed by atoms with Crippen molar-refractivity contribution in [3.63, 3.8) is 0 Å². The van der Waals surface area contributed by atoms with E-state index in [9.17, 15) is 9.50 Å². The van der Waals surface area contributed by atoms with Crippen molar-refractivity contribution in [3.8, 4) is 17.1 Å². The number of imidazole rings is 1. The molecule has 0 saturated carbocycles. The highest BCUT2D eigenvalue weighted by atomic mass is 35.5. The van der Waals surface area contributed by atoms with Gasteiger partial charge in [0.1, 0.15) is 17.4 Å². The Hall–Kier alpha value is -2.33. The molecular weight excluding hydrogens is 303 g/mol. The Labute approximate surface area is 132 Å². The average molecular weight is 317 g/mol. The van der Waals surface area contributed by atoms with E-state index >= 15 is 0 Å². The van der Waals surface area contributed by atoms with E-state index in [1.165, 1.54) is 12.1 Å². The first-order chi connectivity index (χ1) is 10.6. The summed E-state index contributed by atoms with van der Waals surface area (Å²) in [6.45, 7) is 2.38. The second-order valence-corrected chi connectivity index (χ2v) is 5.47. The molecule has 1 aromatic heterocycles. The Morgan fingerprint density at radius 3 is 2.73 bits per heavy atom. The zero-order valence-electron chi connectivity index (χ0n) is 11.9. The molecule has 0 radical (unpaired) electrons. The molecule has 0 spiro atoms. The Kier molecular flexibility index (Phi) is 3.86. The molecule has 0 aliphatic carbocycles. The fraction of sp³-hybridized carbons (Fsp3) is 0.118. The lowest BCUT2D eigenvalue weighted by Crippen LogP contribution is -2.04. The van der Waals surface area contributed by atoms with Gasteiger partial charge in [0.25, 0.3) is 0 Å². The molecule has 1 N–H and O–H groups in total. The highest BCUT2D eigenvalue weighted by molar-refractivity contribution is 6.30. The second-order valence-electron chi connectivity index (χ2n) is 5.07. The predicted molar refractivity (Wildman–Crippen MR) is 84.6 cm³/mol. The lowest BCUT2D eigenvalue weighted by molar-refractivity contribution is 0.466. The lowest BCUT2D eigenvalue weighted by atomic mass is 10.1. The summed E-state index contributed by atoms with van der Waals surface area (Å²) in [5.74, 6) is 0.383. The molecule has 0 saturated heterocycles. The van der Waals surface area contributed by atoms with E-state index in [1.807, 2.05) is 23.6 Å². The number of halogens is 2. The van der Waals surface area contributed by atoms with E-state index in [0.717, 1.165) is 11.3 Å². The minimum Gasteiger partial charge on any atom is -0.508 e. The van der Waals surface area contributed by atoms with Crippen LogP contribution in [0.15, 0.2) is 48.7 Å². The van der Waals surface area contributed by atoms with Crippen LogP contribution in [-0.2, 0) is 6.54 Å².